The Bertz CT molecular complexity index is 493. The average Bonchev–Trinajstić information content (AvgIpc) is 2.38. The summed E-state index contributed by atoms with van der Waals surface area (Å²) in [5.74, 6) is 1.53. The Morgan fingerprint density at radius 3 is 3.00 bits per heavy atom. The zero-order valence-electron chi connectivity index (χ0n) is 9.56. The molecular formula is C14H15NO2. The molecule has 1 heterocycles. The maximum atomic E-state index is 11.3. The van der Waals surface area contributed by atoms with E-state index in [1.807, 2.05) is 24.3 Å². The van der Waals surface area contributed by atoms with Gasteiger partial charge in [0.2, 0.25) is 5.91 Å². The van der Waals surface area contributed by atoms with E-state index in [2.05, 4.69) is 6.07 Å². The number of fused-ring (bicyclic) bond motifs is 3. The van der Waals surface area contributed by atoms with Crippen LogP contribution in [0.3, 0.4) is 0 Å². The van der Waals surface area contributed by atoms with Crippen molar-refractivity contribution in [3.8, 4) is 5.75 Å². The highest BCUT2D eigenvalue weighted by atomic mass is 16.5. The van der Waals surface area contributed by atoms with Crippen molar-refractivity contribution in [3.63, 3.8) is 0 Å². The number of amides is 1. The molecule has 2 N–H and O–H groups in total. The van der Waals surface area contributed by atoms with Crippen LogP contribution in [-0.4, -0.2) is 12.5 Å². The summed E-state index contributed by atoms with van der Waals surface area (Å²) in [6.07, 6.45) is 3.61. The molecular weight excluding hydrogens is 214 g/mol. The third-order valence-corrected chi connectivity index (χ3v) is 3.76. The van der Waals surface area contributed by atoms with Crippen LogP contribution in [-0.2, 0) is 4.79 Å². The standard InChI is InChI=1S/C14H15NO2/c15-14(16)9-5-6-10-8-17-13-4-2-1-3-11(13)12(10)7-9/h1-5,10,12H,6-8H2,(H2,15,16). The van der Waals surface area contributed by atoms with E-state index in [9.17, 15) is 4.79 Å². The largest absolute Gasteiger partial charge is 0.493 e. The van der Waals surface area contributed by atoms with Gasteiger partial charge in [0.25, 0.3) is 0 Å². The van der Waals surface area contributed by atoms with Gasteiger partial charge in [-0.05, 0) is 30.4 Å². The molecule has 2 aliphatic rings. The molecule has 0 spiro atoms. The predicted octanol–water partition coefficient (Wildman–Crippen LogP) is 1.98. The number of benzene rings is 1. The van der Waals surface area contributed by atoms with Crippen molar-refractivity contribution in [2.45, 2.75) is 18.8 Å². The van der Waals surface area contributed by atoms with Crippen molar-refractivity contribution < 1.29 is 9.53 Å². The summed E-state index contributed by atoms with van der Waals surface area (Å²) in [6, 6.07) is 8.09. The molecule has 88 valence electrons. The Balaban J connectivity index is 1.97. The molecule has 0 bridgehead atoms. The zero-order chi connectivity index (χ0) is 11.8. The summed E-state index contributed by atoms with van der Waals surface area (Å²) in [5.41, 5.74) is 7.36. The van der Waals surface area contributed by atoms with Gasteiger partial charge in [0.05, 0.1) is 6.61 Å². The number of carbonyl (C=O) groups excluding carboxylic acids is 1. The van der Waals surface area contributed by atoms with Gasteiger partial charge in [0, 0.05) is 11.5 Å². The molecule has 1 aliphatic heterocycles. The molecule has 1 aromatic rings. The second-order valence-electron chi connectivity index (χ2n) is 4.75. The molecule has 17 heavy (non-hydrogen) atoms. The Morgan fingerprint density at radius 2 is 2.18 bits per heavy atom. The summed E-state index contributed by atoms with van der Waals surface area (Å²) in [4.78, 5) is 11.3. The second kappa shape index (κ2) is 3.91. The van der Waals surface area contributed by atoms with Gasteiger partial charge in [0.1, 0.15) is 5.75 Å². The van der Waals surface area contributed by atoms with Gasteiger partial charge in [0.15, 0.2) is 0 Å². The van der Waals surface area contributed by atoms with E-state index in [0.29, 0.717) is 11.8 Å². The minimum atomic E-state index is -0.285. The number of rotatable bonds is 1. The maximum Gasteiger partial charge on any atom is 0.244 e. The molecule has 3 rings (SSSR count). The lowest BCUT2D eigenvalue weighted by molar-refractivity contribution is -0.114. The molecule has 1 aromatic carbocycles. The fraction of sp³-hybridized carbons (Fsp3) is 0.357. The Hall–Kier alpha value is -1.77. The average molecular weight is 229 g/mol. The lowest BCUT2D eigenvalue weighted by atomic mass is 9.74. The summed E-state index contributed by atoms with van der Waals surface area (Å²) < 4.78 is 5.74. The van der Waals surface area contributed by atoms with Crippen molar-refractivity contribution >= 4 is 5.91 Å². The van der Waals surface area contributed by atoms with Crippen LogP contribution in [0.1, 0.15) is 24.3 Å². The lowest BCUT2D eigenvalue weighted by Crippen LogP contribution is -2.30. The van der Waals surface area contributed by atoms with E-state index in [4.69, 9.17) is 10.5 Å². The highest BCUT2D eigenvalue weighted by molar-refractivity contribution is 5.92. The van der Waals surface area contributed by atoms with E-state index in [0.717, 1.165) is 30.8 Å². The topological polar surface area (TPSA) is 52.3 Å². The van der Waals surface area contributed by atoms with E-state index in [1.54, 1.807) is 0 Å². The van der Waals surface area contributed by atoms with Gasteiger partial charge >= 0.3 is 0 Å². The summed E-state index contributed by atoms with van der Waals surface area (Å²) >= 11 is 0. The van der Waals surface area contributed by atoms with Crippen molar-refractivity contribution in [2.24, 2.45) is 11.7 Å². The minimum Gasteiger partial charge on any atom is -0.493 e. The molecule has 3 heteroatoms. The van der Waals surface area contributed by atoms with Crippen molar-refractivity contribution in [3.05, 3.63) is 41.5 Å². The predicted molar refractivity (Wildman–Crippen MR) is 64.7 cm³/mol. The van der Waals surface area contributed by atoms with Crippen LogP contribution in [0.25, 0.3) is 0 Å². The number of para-hydroxylation sites is 1. The van der Waals surface area contributed by atoms with Crippen molar-refractivity contribution in [1.82, 2.24) is 0 Å². The fourth-order valence-corrected chi connectivity index (χ4v) is 2.81. The summed E-state index contributed by atoms with van der Waals surface area (Å²) in [5, 5.41) is 0. The van der Waals surface area contributed by atoms with Crippen molar-refractivity contribution in [2.75, 3.05) is 6.61 Å². The fourth-order valence-electron chi connectivity index (χ4n) is 2.81. The quantitative estimate of drug-likeness (QED) is 0.800. The van der Waals surface area contributed by atoms with Crippen LogP contribution in [0.4, 0.5) is 0 Å². The van der Waals surface area contributed by atoms with Crippen molar-refractivity contribution in [1.29, 1.82) is 0 Å². The van der Waals surface area contributed by atoms with Crippen LogP contribution in [0.15, 0.2) is 35.9 Å². The molecule has 1 amide bonds. The number of allylic oxidation sites excluding steroid dienone is 1. The minimum absolute atomic E-state index is 0.285. The number of nitrogens with two attached hydrogens (primary N) is 1. The van der Waals surface area contributed by atoms with E-state index in [-0.39, 0.29) is 5.91 Å². The van der Waals surface area contributed by atoms with Gasteiger partial charge in [-0.2, -0.15) is 0 Å². The molecule has 0 saturated carbocycles. The van der Waals surface area contributed by atoms with Gasteiger partial charge in [-0.1, -0.05) is 24.3 Å². The monoisotopic (exact) mass is 229 g/mol. The van der Waals surface area contributed by atoms with Crippen LogP contribution >= 0.6 is 0 Å². The van der Waals surface area contributed by atoms with Gasteiger partial charge in [-0.25, -0.2) is 0 Å². The number of ether oxygens (including phenoxy) is 1. The third-order valence-electron chi connectivity index (χ3n) is 3.76. The molecule has 0 aromatic heterocycles. The SMILES string of the molecule is NC(=O)C1=CCC2COc3ccccc3C2C1. The Kier molecular flexibility index (Phi) is 2.39. The molecule has 3 nitrogen and oxygen atoms in total. The van der Waals surface area contributed by atoms with Gasteiger partial charge < -0.3 is 10.5 Å². The molecule has 0 saturated heterocycles. The van der Waals surface area contributed by atoms with E-state index in [1.165, 1.54) is 5.56 Å². The number of carbonyl (C=O) groups is 1. The first kappa shape index (κ1) is 10.4. The Labute approximate surface area is 100 Å². The molecule has 0 fully saturated rings. The zero-order valence-corrected chi connectivity index (χ0v) is 9.56. The smallest absolute Gasteiger partial charge is 0.244 e. The molecule has 1 aliphatic carbocycles. The number of hydrogen-bond acceptors (Lipinski definition) is 2. The summed E-state index contributed by atoms with van der Waals surface area (Å²) in [6.45, 7) is 0.740. The Morgan fingerprint density at radius 1 is 1.35 bits per heavy atom. The van der Waals surface area contributed by atoms with Gasteiger partial charge in [-0.3, -0.25) is 4.79 Å². The van der Waals surface area contributed by atoms with Gasteiger partial charge in [-0.15, -0.1) is 0 Å². The number of primary amides is 1. The van der Waals surface area contributed by atoms with E-state index >= 15 is 0 Å². The van der Waals surface area contributed by atoms with Crippen LogP contribution in [0.5, 0.6) is 5.75 Å². The van der Waals surface area contributed by atoms with Crippen LogP contribution in [0, 0.1) is 5.92 Å². The first-order valence-electron chi connectivity index (χ1n) is 5.96. The van der Waals surface area contributed by atoms with E-state index < -0.39 is 0 Å². The number of hydrogen-bond donors (Lipinski definition) is 1. The molecule has 2 unspecified atom stereocenters. The molecule has 2 atom stereocenters. The first-order valence-corrected chi connectivity index (χ1v) is 5.96. The highest BCUT2D eigenvalue weighted by Gasteiger charge is 2.34. The molecule has 0 radical (unpaired) electrons. The lowest BCUT2D eigenvalue weighted by Gasteiger charge is -2.36. The second-order valence-corrected chi connectivity index (χ2v) is 4.75. The third kappa shape index (κ3) is 1.71. The normalized spacial score (nSPS) is 26.2. The highest BCUT2D eigenvalue weighted by Crippen LogP contribution is 2.44. The first-order chi connectivity index (χ1) is 8.25. The maximum absolute atomic E-state index is 11.3. The van der Waals surface area contributed by atoms with Crippen LogP contribution in [0.2, 0.25) is 0 Å². The van der Waals surface area contributed by atoms with Crippen LogP contribution < -0.4 is 10.5 Å². The summed E-state index contributed by atoms with van der Waals surface area (Å²) in [7, 11) is 0.